The Morgan fingerprint density at radius 3 is 2.71 bits per heavy atom. The van der Waals surface area contributed by atoms with Crippen molar-refractivity contribution in [3.63, 3.8) is 0 Å². The third-order valence-electron chi connectivity index (χ3n) is 2.68. The molecule has 0 amide bonds. The quantitative estimate of drug-likeness (QED) is 0.785. The lowest BCUT2D eigenvalue weighted by atomic mass is 10.2. The lowest BCUT2D eigenvalue weighted by molar-refractivity contribution is 0.322. The van der Waals surface area contributed by atoms with Gasteiger partial charge in [-0.1, -0.05) is 23.5 Å². The van der Waals surface area contributed by atoms with E-state index in [1.54, 1.807) is 6.92 Å². The standard InChI is InChI=1S/C13H16N2O4S2/c1-9-4-3-5-11(8-9)19-7-6-14-21(17,18)12-10(2)15-13(16)20-12/h3-5,8,14H,6-7H2,1-2H3,(H,15,16). The minimum absolute atomic E-state index is 0.0167. The fourth-order valence-corrected chi connectivity index (χ4v) is 4.12. The van der Waals surface area contributed by atoms with E-state index in [1.165, 1.54) is 0 Å². The summed E-state index contributed by atoms with van der Waals surface area (Å²) in [5.74, 6) is 0.691. The van der Waals surface area contributed by atoms with Gasteiger partial charge in [0.1, 0.15) is 12.4 Å². The minimum Gasteiger partial charge on any atom is -0.492 e. The van der Waals surface area contributed by atoms with Crippen LogP contribution in [0.2, 0.25) is 0 Å². The molecule has 0 radical (unpaired) electrons. The SMILES string of the molecule is Cc1cccc(OCCNS(=O)(=O)c2sc(=O)[nH]c2C)c1. The third kappa shape index (κ3) is 4.16. The zero-order valence-corrected chi connectivity index (χ0v) is 13.3. The number of sulfonamides is 1. The molecular weight excluding hydrogens is 312 g/mol. The van der Waals surface area contributed by atoms with Crippen molar-refractivity contribution in [1.82, 2.24) is 9.71 Å². The van der Waals surface area contributed by atoms with E-state index in [9.17, 15) is 13.2 Å². The molecule has 0 fully saturated rings. The molecule has 0 bridgehead atoms. The van der Waals surface area contributed by atoms with Gasteiger partial charge in [0.15, 0.2) is 4.21 Å². The molecule has 0 saturated heterocycles. The maximum atomic E-state index is 12.0. The van der Waals surface area contributed by atoms with Gasteiger partial charge in [-0.3, -0.25) is 4.79 Å². The van der Waals surface area contributed by atoms with Crippen molar-refractivity contribution in [2.45, 2.75) is 18.1 Å². The van der Waals surface area contributed by atoms with Crippen molar-refractivity contribution in [2.24, 2.45) is 0 Å². The molecule has 21 heavy (non-hydrogen) atoms. The molecule has 2 rings (SSSR count). The zero-order valence-electron chi connectivity index (χ0n) is 11.7. The highest BCUT2D eigenvalue weighted by molar-refractivity contribution is 7.91. The Labute approximate surface area is 126 Å². The van der Waals surface area contributed by atoms with Crippen LogP contribution in [0, 0.1) is 13.8 Å². The average Bonchev–Trinajstić information content (AvgIpc) is 2.75. The largest absolute Gasteiger partial charge is 0.492 e. The van der Waals surface area contributed by atoms with Crippen molar-refractivity contribution in [3.8, 4) is 5.75 Å². The van der Waals surface area contributed by atoms with Crippen LogP contribution < -0.4 is 14.3 Å². The van der Waals surface area contributed by atoms with Gasteiger partial charge in [0.05, 0.1) is 0 Å². The predicted octanol–water partition coefficient (Wildman–Crippen LogP) is 1.41. The molecule has 8 heteroatoms. The number of aromatic nitrogens is 1. The van der Waals surface area contributed by atoms with Crippen LogP contribution in [0.15, 0.2) is 33.3 Å². The molecule has 0 saturated carbocycles. The van der Waals surface area contributed by atoms with Crippen LogP contribution in [-0.2, 0) is 10.0 Å². The van der Waals surface area contributed by atoms with Crippen LogP contribution in [-0.4, -0.2) is 26.6 Å². The van der Waals surface area contributed by atoms with E-state index in [0.717, 1.165) is 5.56 Å². The van der Waals surface area contributed by atoms with E-state index in [1.807, 2.05) is 31.2 Å². The summed E-state index contributed by atoms with van der Waals surface area (Å²) in [5, 5.41) is 0. The highest BCUT2D eigenvalue weighted by Crippen LogP contribution is 2.15. The monoisotopic (exact) mass is 328 g/mol. The summed E-state index contributed by atoms with van der Waals surface area (Å²) in [5.41, 5.74) is 1.41. The zero-order chi connectivity index (χ0) is 15.5. The Morgan fingerprint density at radius 2 is 2.10 bits per heavy atom. The van der Waals surface area contributed by atoms with E-state index >= 15 is 0 Å². The first-order valence-electron chi connectivity index (χ1n) is 6.27. The fraction of sp³-hybridized carbons (Fsp3) is 0.308. The molecule has 6 nitrogen and oxygen atoms in total. The maximum absolute atomic E-state index is 12.0. The summed E-state index contributed by atoms with van der Waals surface area (Å²) in [6.45, 7) is 3.84. The third-order valence-corrected chi connectivity index (χ3v) is 5.74. The van der Waals surface area contributed by atoms with Gasteiger partial charge in [0, 0.05) is 12.2 Å². The first-order valence-corrected chi connectivity index (χ1v) is 8.57. The van der Waals surface area contributed by atoms with Crippen LogP contribution in [0.25, 0.3) is 0 Å². The van der Waals surface area contributed by atoms with Gasteiger partial charge in [0.25, 0.3) is 10.0 Å². The van der Waals surface area contributed by atoms with Gasteiger partial charge in [0.2, 0.25) is 0 Å². The first-order chi connectivity index (χ1) is 9.88. The summed E-state index contributed by atoms with van der Waals surface area (Å²) < 4.78 is 31.9. The van der Waals surface area contributed by atoms with E-state index in [-0.39, 0.29) is 22.2 Å². The maximum Gasteiger partial charge on any atom is 0.305 e. The topological polar surface area (TPSA) is 88.3 Å². The Kier molecular flexibility index (Phi) is 4.81. The molecule has 2 aromatic rings. The number of thiazole rings is 1. The number of ether oxygens (including phenoxy) is 1. The summed E-state index contributed by atoms with van der Waals surface area (Å²) >= 11 is 0.675. The summed E-state index contributed by atoms with van der Waals surface area (Å²) in [6.07, 6.45) is 0. The van der Waals surface area contributed by atoms with Gasteiger partial charge < -0.3 is 9.72 Å². The second-order valence-corrected chi connectivity index (χ2v) is 7.44. The van der Waals surface area contributed by atoms with E-state index in [2.05, 4.69) is 9.71 Å². The van der Waals surface area contributed by atoms with Crippen molar-refractivity contribution < 1.29 is 13.2 Å². The molecule has 114 valence electrons. The smallest absolute Gasteiger partial charge is 0.305 e. The summed E-state index contributed by atoms with van der Waals surface area (Å²) in [7, 11) is -3.68. The van der Waals surface area contributed by atoms with Gasteiger partial charge in [-0.2, -0.15) is 0 Å². The summed E-state index contributed by atoms with van der Waals surface area (Å²) in [6, 6.07) is 7.50. The van der Waals surface area contributed by atoms with Crippen molar-refractivity contribution in [3.05, 3.63) is 45.2 Å². The minimum atomic E-state index is -3.68. The normalized spacial score (nSPS) is 11.5. The Balaban J connectivity index is 1.91. The number of aryl methyl sites for hydroxylation is 2. The molecule has 0 atom stereocenters. The van der Waals surface area contributed by atoms with Crippen LogP contribution in [0.5, 0.6) is 5.75 Å². The second-order valence-electron chi connectivity index (χ2n) is 4.49. The molecule has 1 heterocycles. The fourth-order valence-electron chi connectivity index (χ4n) is 1.76. The number of hydrogen-bond acceptors (Lipinski definition) is 5. The van der Waals surface area contributed by atoms with Crippen LogP contribution in [0.3, 0.4) is 0 Å². The lowest BCUT2D eigenvalue weighted by Gasteiger charge is -2.08. The molecule has 2 N–H and O–H groups in total. The number of rotatable bonds is 6. The van der Waals surface area contributed by atoms with E-state index in [4.69, 9.17) is 4.74 Å². The number of benzene rings is 1. The number of aromatic amines is 1. The molecule has 1 aromatic heterocycles. The number of nitrogens with one attached hydrogen (secondary N) is 2. The molecule has 0 spiro atoms. The highest BCUT2D eigenvalue weighted by atomic mass is 32.2. The van der Waals surface area contributed by atoms with Crippen molar-refractivity contribution >= 4 is 21.4 Å². The molecule has 0 aliphatic heterocycles. The van der Waals surface area contributed by atoms with Gasteiger partial charge in [-0.15, -0.1) is 0 Å². The van der Waals surface area contributed by atoms with Gasteiger partial charge in [-0.05, 0) is 31.5 Å². The molecular formula is C13H16N2O4S2. The Morgan fingerprint density at radius 1 is 1.33 bits per heavy atom. The molecule has 0 aliphatic carbocycles. The van der Waals surface area contributed by atoms with Crippen molar-refractivity contribution in [2.75, 3.05) is 13.2 Å². The number of H-pyrrole nitrogens is 1. The van der Waals surface area contributed by atoms with Gasteiger partial charge >= 0.3 is 4.87 Å². The van der Waals surface area contributed by atoms with E-state index < -0.39 is 10.0 Å². The molecule has 0 unspecified atom stereocenters. The predicted molar refractivity (Wildman–Crippen MR) is 81.5 cm³/mol. The van der Waals surface area contributed by atoms with E-state index in [0.29, 0.717) is 22.8 Å². The Hall–Kier alpha value is -1.64. The highest BCUT2D eigenvalue weighted by Gasteiger charge is 2.19. The lowest BCUT2D eigenvalue weighted by Crippen LogP contribution is -2.28. The van der Waals surface area contributed by atoms with Crippen molar-refractivity contribution in [1.29, 1.82) is 0 Å². The average molecular weight is 328 g/mol. The first kappa shape index (κ1) is 15.7. The molecule has 0 aliphatic rings. The van der Waals surface area contributed by atoms with Gasteiger partial charge in [-0.25, -0.2) is 13.1 Å². The molecule has 1 aromatic carbocycles. The Bertz CT molecular complexity index is 777. The van der Waals surface area contributed by atoms with Crippen LogP contribution in [0.1, 0.15) is 11.3 Å². The number of hydrogen-bond donors (Lipinski definition) is 2. The second kappa shape index (κ2) is 6.42. The van der Waals surface area contributed by atoms with Crippen LogP contribution >= 0.6 is 11.3 Å². The summed E-state index contributed by atoms with van der Waals surface area (Å²) in [4.78, 5) is 13.2. The van der Waals surface area contributed by atoms with Crippen LogP contribution in [0.4, 0.5) is 0 Å².